The van der Waals surface area contributed by atoms with Crippen molar-refractivity contribution in [2.75, 3.05) is 0 Å². The van der Waals surface area contributed by atoms with Crippen molar-refractivity contribution >= 4 is 0 Å². The van der Waals surface area contributed by atoms with Gasteiger partial charge in [0.05, 0.1) is 18.2 Å². The molecular weight excluding hydrogens is 593 g/mol. The maximum atomic E-state index is 8.73. The Morgan fingerprint density at radius 3 is 1.41 bits per heavy atom. The fraction of sp³-hybridized carbons (Fsp3) is 0.0213. The molecule has 1 heterocycles. The quantitative estimate of drug-likeness (QED) is 0.195. The van der Waals surface area contributed by atoms with Gasteiger partial charge in [-0.2, -0.15) is 0 Å². The minimum atomic E-state index is -0.433. The molecule has 2 aliphatic rings. The van der Waals surface area contributed by atoms with Crippen LogP contribution in [0.15, 0.2) is 182 Å². The van der Waals surface area contributed by atoms with Crippen molar-refractivity contribution in [1.82, 2.24) is 9.97 Å². The number of benzene rings is 7. The van der Waals surface area contributed by atoms with Crippen molar-refractivity contribution in [2.24, 2.45) is 0 Å². The molecule has 0 atom stereocenters. The summed E-state index contributed by atoms with van der Waals surface area (Å²) in [5, 5.41) is 0. The number of hydrogen-bond donors (Lipinski definition) is 0. The van der Waals surface area contributed by atoms with E-state index in [1.54, 1.807) is 0 Å². The van der Waals surface area contributed by atoms with Crippen LogP contribution in [0.25, 0.3) is 67.3 Å². The van der Waals surface area contributed by atoms with Gasteiger partial charge < -0.3 is 0 Å². The standard InChI is InChI=1S/C47H30N2/c1-3-14-31(15-4-1)33-18-13-19-34(28-33)44-30-45(49-46(48-44)32-16-5-2-6-17-32)35-26-27-39-38-22-9-12-25-42(38)47(43(39)29-35)40-23-10-7-20-36(40)37-21-8-11-24-41(37)47/h1-30H/i13D. The molecule has 1 aromatic heterocycles. The van der Waals surface area contributed by atoms with Crippen LogP contribution in [0.3, 0.4) is 0 Å². The van der Waals surface area contributed by atoms with Gasteiger partial charge in [0.2, 0.25) is 0 Å². The summed E-state index contributed by atoms with van der Waals surface area (Å²) in [7, 11) is 0. The fourth-order valence-electron chi connectivity index (χ4n) is 8.13. The van der Waals surface area contributed by atoms with Gasteiger partial charge in [0.1, 0.15) is 0 Å². The molecule has 0 fully saturated rings. The molecule has 0 aliphatic heterocycles. The average Bonchev–Trinajstić information content (AvgIpc) is 3.65. The van der Waals surface area contributed by atoms with Crippen molar-refractivity contribution in [1.29, 1.82) is 0 Å². The van der Waals surface area contributed by atoms with E-state index in [4.69, 9.17) is 11.3 Å². The van der Waals surface area contributed by atoms with Crippen molar-refractivity contribution in [3.05, 3.63) is 204 Å². The van der Waals surface area contributed by atoms with Gasteiger partial charge in [0.25, 0.3) is 0 Å². The molecule has 0 saturated heterocycles. The Kier molecular flexibility index (Phi) is 5.89. The first-order chi connectivity index (χ1) is 24.7. The Bertz CT molecular complexity index is 2550. The van der Waals surface area contributed by atoms with Gasteiger partial charge in [0, 0.05) is 16.7 Å². The molecule has 0 N–H and O–H groups in total. The molecule has 7 aromatic carbocycles. The molecule has 10 rings (SSSR count). The minimum Gasteiger partial charge on any atom is -0.228 e. The smallest absolute Gasteiger partial charge is 0.160 e. The van der Waals surface area contributed by atoms with Gasteiger partial charge in [-0.25, -0.2) is 9.97 Å². The van der Waals surface area contributed by atoms with Crippen LogP contribution in [0.4, 0.5) is 0 Å². The summed E-state index contributed by atoms with van der Waals surface area (Å²) >= 11 is 0. The van der Waals surface area contributed by atoms with E-state index in [1.807, 2.05) is 48.5 Å². The molecule has 0 bridgehead atoms. The molecular formula is C47H30N2. The summed E-state index contributed by atoms with van der Waals surface area (Å²) in [6.07, 6.45) is 0. The summed E-state index contributed by atoms with van der Waals surface area (Å²) in [6.45, 7) is 0. The Hall–Kier alpha value is -6.38. The van der Waals surface area contributed by atoms with Gasteiger partial charge in [-0.1, -0.05) is 164 Å². The lowest BCUT2D eigenvalue weighted by molar-refractivity contribution is 0.794. The molecule has 49 heavy (non-hydrogen) atoms. The van der Waals surface area contributed by atoms with E-state index in [1.165, 1.54) is 44.5 Å². The normalized spacial score (nSPS) is 13.3. The van der Waals surface area contributed by atoms with Crippen LogP contribution in [-0.4, -0.2) is 9.97 Å². The zero-order chi connectivity index (χ0) is 33.2. The summed E-state index contributed by atoms with van der Waals surface area (Å²) in [5.74, 6) is 0.657. The van der Waals surface area contributed by atoms with Crippen LogP contribution in [0.5, 0.6) is 0 Å². The fourth-order valence-corrected chi connectivity index (χ4v) is 8.13. The van der Waals surface area contributed by atoms with E-state index in [9.17, 15) is 0 Å². The third-order valence-electron chi connectivity index (χ3n) is 10.2. The number of nitrogens with zero attached hydrogens (tertiary/aromatic N) is 2. The molecule has 2 aliphatic carbocycles. The first kappa shape index (κ1) is 26.7. The third kappa shape index (κ3) is 4.14. The number of fused-ring (bicyclic) bond motifs is 10. The monoisotopic (exact) mass is 623 g/mol. The highest BCUT2D eigenvalue weighted by Crippen LogP contribution is 2.63. The van der Waals surface area contributed by atoms with Crippen LogP contribution in [0.2, 0.25) is 0 Å². The van der Waals surface area contributed by atoms with E-state index >= 15 is 0 Å². The molecule has 2 nitrogen and oxygen atoms in total. The highest BCUT2D eigenvalue weighted by atomic mass is 14.9. The second kappa shape index (κ2) is 10.8. The van der Waals surface area contributed by atoms with E-state index in [2.05, 4.69) is 127 Å². The first-order valence-corrected chi connectivity index (χ1v) is 16.7. The molecule has 1 spiro atoms. The summed E-state index contributed by atoms with van der Waals surface area (Å²) in [5.41, 5.74) is 16.5. The van der Waals surface area contributed by atoms with Gasteiger partial charge in [-0.3, -0.25) is 0 Å². The highest BCUT2D eigenvalue weighted by molar-refractivity contribution is 5.96. The topological polar surface area (TPSA) is 25.8 Å². The molecule has 0 radical (unpaired) electrons. The molecule has 2 heteroatoms. The highest BCUT2D eigenvalue weighted by Gasteiger charge is 2.51. The SMILES string of the molecule is [2H]c1cc(-c2ccccc2)cc(-c2cc(-c3ccc4c(c3)C3(c5ccccc5-c5ccccc53)c3ccccc3-4)nc(-c3ccccc3)n2)c1. The lowest BCUT2D eigenvalue weighted by Gasteiger charge is -2.30. The predicted octanol–water partition coefficient (Wildman–Crippen LogP) is 11.5. The van der Waals surface area contributed by atoms with Crippen LogP contribution >= 0.6 is 0 Å². The predicted molar refractivity (Wildman–Crippen MR) is 200 cm³/mol. The Morgan fingerprint density at radius 1 is 0.347 bits per heavy atom. The first-order valence-electron chi connectivity index (χ1n) is 17.2. The third-order valence-corrected chi connectivity index (χ3v) is 10.2. The maximum Gasteiger partial charge on any atom is 0.160 e. The number of aromatic nitrogens is 2. The van der Waals surface area contributed by atoms with Crippen LogP contribution in [-0.2, 0) is 5.41 Å². The number of rotatable bonds is 4. The van der Waals surface area contributed by atoms with Gasteiger partial charge in [0.15, 0.2) is 5.82 Å². The maximum absolute atomic E-state index is 8.73. The van der Waals surface area contributed by atoms with E-state index in [0.717, 1.165) is 39.2 Å². The largest absolute Gasteiger partial charge is 0.228 e. The Morgan fingerprint density at radius 2 is 0.816 bits per heavy atom. The minimum absolute atomic E-state index is 0.433. The van der Waals surface area contributed by atoms with Gasteiger partial charge >= 0.3 is 0 Å². The molecule has 228 valence electrons. The number of hydrogen-bond acceptors (Lipinski definition) is 2. The lowest BCUT2D eigenvalue weighted by Crippen LogP contribution is -2.25. The van der Waals surface area contributed by atoms with Crippen molar-refractivity contribution in [3.8, 4) is 67.3 Å². The van der Waals surface area contributed by atoms with E-state index in [0.29, 0.717) is 11.9 Å². The van der Waals surface area contributed by atoms with Crippen molar-refractivity contribution in [3.63, 3.8) is 0 Å². The second-order valence-corrected chi connectivity index (χ2v) is 12.9. The Labute approximate surface area is 287 Å². The summed E-state index contributed by atoms with van der Waals surface area (Å²) in [4.78, 5) is 10.3. The zero-order valence-electron chi connectivity index (χ0n) is 27.6. The molecule has 0 unspecified atom stereocenters. The van der Waals surface area contributed by atoms with Crippen LogP contribution < -0.4 is 0 Å². The Balaban J connectivity index is 1.21. The average molecular weight is 624 g/mol. The summed E-state index contributed by atoms with van der Waals surface area (Å²) < 4.78 is 8.73. The zero-order valence-corrected chi connectivity index (χ0v) is 26.6. The second-order valence-electron chi connectivity index (χ2n) is 12.9. The van der Waals surface area contributed by atoms with Crippen molar-refractivity contribution in [2.45, 2.75) is 5.41 Å². The van der Waals surface area contributed by atoms with E-state index < -0.39 is 5.41 Å². The lowest BCUT2D eigenvalue weighted by atomic mass is 9.70. The molecule has 8 aromatic rings. The van der Waals surface area contributed by atoms with Crippen LogP contribution in [0.1, 0.15) is 23.6 Å². The van der Waals surface area contributed by atoms with Gasteiger partial charge in [-0.15, -0.1) is 0 Å². The van der Waals surface area contributed by atoms with Crippen molar-refractivity contribution < 1.29 is 1.37 Å². The van der Waals surface area contributed by atoms with E-state index in [-0.39, 0.29) is 0 Å². The summed E-state index contributed by atoms with van der Waals surface area (Å²) in [6, 6.07) is 62.4. The molecule has 0 amide bonds. The van der Waals surface area contributed by atoms with Crippen LogP contribution in [0, 0.1) is 0 Å². The molecule has 0 saturated carbocycles. The van der Waals surface area contributed by atoms with Gasteiger partial charge in [-0.05, 0) is 73.8 Å².